The molecule has 1 amide bonds. The Labute approximate surface area is 159 Å². The van der Waals surface area contributed by atoms with E-state index in [1.807, 2.05) is 24.3 Å². The maximum Gasteiger partial charge on any atom is 0.220 e. The van der Waals surface area contributed by atoms with Crippen molar-refractivity contribution in [2.75, 3.05) is 6.61 Å². The summed E-state index contributed by atoms with van der Waals surface area (Å²) >= 11 is 0. The number of fused-ring (bicyclic) bond motifs is 1. The first-order valence-electron chi connectivity index (χ1n) is 9.69. The topological polar surface area (TPSA) is 73.6 Å². The van der Waals surface area contributed by atoms with Gasteiger partial charge in [0.05, 0.1) is 0 Å². The van der Waals surface area contributed by atoms with Crippen LogP contribution in [0.25, 0.3) is 0 Å². The third-order valence-corrected chi connectivity index (χ3v) is 5.58. The van der Waals surface area contributed by atoms with Crippen LogP contribution in [0.2, 0.25) is 0 Å². The molecular weight excluding hydrogens is 340 g/mol. The Morgan fingerprint density at radius 1 is 1.00 bits per heavy atom. The van der Waals surface area contributed by atoms with Crippen LogP contribution in [-0.4, -0.2) is 18.6 Å². The average molecular weight is 366 g/mol. The molecule has 2 aromatic rings. The fraction of sp³-hybridized carbons (Fsp3) is 0.409. The van der Waals surface area contributed by atoms with Crippen LogP contribution in [0.5, 0.6) is 11.5 Å². The summed E-state index contributed by atoms with van der Waals surface area (Å²) in [6.07, 6.45) is 3.74. The summed E-state index contributed by atoms with van der Waals surface area (Å²) in [6, 6.07) is 16.7. The SMILES string of the molecule is NC(=O)C1CCC(NCc2ccc(C3COc4ccccc4O3)cc2)CC1. The van der Waals surface area contributed by atoms with Crippen LogP contribution < -0.4 is 20.5 Å². The van der Waals surface area contributed by atoms with E-state index in [1.165, 1.54) is 5.56 Å². The van der Waals surface area contributed by atoms with Crippen LogP contribution in [0.4, 0.5) is 0 Å². The van der Waals surface area contributed by atoms with Crippen LogP contribution in [-0.2, 0) is 11.3 Å². The highest BCUT2D eigenvalue weighted by Gasteiger charge is 2.24. The minimum atomic E-state index is -0.152. The van der Waals surface area contributed by atoms with Gasteiger partial charge >= 0.3 is 0 Å². The molecular formula is C22H26N2O3. The smallest absolute Gasteiger partial charge is 0.220 e. The van der Waals surface area contributed by atoms with E-state index in [4.69, 9.17) is 15.2 Å². The predicted octanol–water partition coefficient (Wildman–Crippen LogP) is 3.33. The van der Waals surface area contributed by atoms with E-state index in [-0.39, 0.29) is 17.9 Å². The Kier molecular flexibility index (Phi) is 5.30. The molecule has 1 fully saturated rings. The quantitative estimate of drug-likeness (QED) is 0.851. The van der Waals surface area contributed by atoms with Crippen molar-refractivity contribution in [2.45, 2.75) is 44.4 Å². The van der Waals surface area contributed by atoms with Crippen molar-refractivity contribution < 1.29 is 14.3 Å². The van der Waals surface area contributed by atoms with Gasteiger partial charge in [-0.1, -0.05) is 36.4 Å². The summed E-state index contributed by atoms with van der Waals surface area (Å²) in [7, 11) is 0. The first-order valence-corrected chi connectivity index (χ1v) is 9.69. The Balaban J connectivity index is 1.29. The number of carbonyl (C=O) groups excluding carboxylic acids is 1. The second kappa shape index (κ2) is 8.01. The molecule has 142 valence electrons. The molecule has 3 N–H and O–H groups in total. The van der Waals surface area contributed by atoms with Crippen molar-refractivity contribution in [1.82, 2.24) is 5.32 Å². The number of hydrogen-bond acceptors (Lipinski definition) is 4. The Bertz CT molecular complexity index is 782. The second-order valence-corrected chi connectivity index (χ2v) is 7.44. The number of ether oxygens (including phenoxy) is 2. The molecule has 2 aliphatic rings. The number of benzene rings is 2. The molecule has 0 bridgehead atoms. The minimum Gasteiger partial charge on any atom is -0.485 e. The molecule has 1 unspecified atom stereocenters. The first kappa shape index (κ1) is 17.9. The number of para-hydroxylation sites is 2. The zero-order chi connectivity index (χ0) is 18.6. The van der Waals surface area contributed by atoms with Crippen molar-refractivity contribution in [3.8, 4) is 11.5 Å². The molecule has 1 heterocycles. The molecule has 5 heteroatoms. The minimum absolute atomic E-state index is 0.0603. The average Bonchev–Trinajstić information content (AvgIpc) is 2.72. The molecule has 2 aromatic carbocycles. The summed E-state index contributed by atoms with van der Waals surface area (Å²) in [4.78, 5) is 11.3. The van der Waals surface area contributed by atoms with Crippen molar-refractivity contribution in [3.05, 3.63) is 59.7 Å². The zero-order valence-electron chi connectivity index (χ0n) is 15.4. The third kappa shape index (κ3) is 4.25. The molecule has 0 aromatic heterocycles. The number of primary amides is 1. The van der Waals surface area contributed by atoms with E-state index in [1.54, 1.807) is 0 Å². The Morgan fingerprint density at radius 3 is 2.41 bits per heavy atom. The van der Waals surface area contributed by atoms with E-state index in [9.17, 15) is 4.79 Å². The fourth-order valence-corrected chi connectivity index (χ4v) is 3.88. The van der Waals surface area contributed by atoms with E-state index >= 15 is 0 Å². The van der Waals surface area contributed by atoms with Crippen LogP contribution in [0.1, 0.15) is 42.9 Å². The van der Waals surface area contributed by atoms with E-state index < -0.39 is 0 Å². The largest absolute Gasteiger partial charge is 0.485 e. The number of rotatable bonds is 5. The number of amides is 1. The van der Waals surface area contributed by atoms with Gasteiger partial charge in [0.2, 0.25) is 5.91 Å². The lowest BCUT2D eigenvalue weighted by molar-refractivity contribution is -0.122. The highest BCUT2D eigenvalue weighted by Crippen LogP contribution is 2.35. The summed E-state index contributed by atoms with van der Waals surface area (Å²) in [5.74, 6) is 1.51. The van der Waals surface area contributed by atoms with Crippen molar-refractivity contribution in [3.63, 3.8) is 0 Å². The lowest BCUT2D eigenvalue weighted by Gasteiger charge is -2.28. The van der Waals surface area contributed by atoms with Gasteiger partial charge in [0, 0.05) is 18.5 Å². The van der Waals surface area contributed by atoms with Gasteiger partial charge in [0.25, 0.3) is 0 Å². The Hall–Kier alpha value is -2.53. The highest BCUT2D eigenvalue weighted by molar-refractivity contribution is 5.76. The van der Waals surface area contributed by atoms with Crippen molar-refractivity contribution in [1.29, 1.82) is 0 Å². The lowest BCUT2D eigenvalue weighted by atomic mass is 9.85. The van der Waals surface area contributed by atoms with Gasteiger partial charge in [-0.15, -0.1) is 0 Å². The van der Waals surface area contributed by atoms with Gasteiger partial charge in [0.1, 0.15) is 6.61 Å². The van der Waals surface area contributed by atoms with Crippen LogP contribution >= 0.6 is 0 Å². The summed E-state index contributed by atoms with van der Waals surface area (Å²) in [5, 5.41) is 3.60. The molecule has 0 saturated heterocycles. The molecule has 1 saturated carbocycles. The Morgan fingerprint density at radius 2 is 1.70 bits per heavy atom. The van der Waals surface area contributed by atoms with Crippen LogP contribution in [0.15, 0.2) is 48.5 Å². The van der Waals surface area contributed by atoms with Crippen LogP contribution in [0.3, 0.4) is 0 Å². The molecule has 27 heavy (non-hydrogen) atoms. The zero-order valence-corrected chi connectivity index (χ0v) is 15.4. The molecule has 1 atom stereocenters. The standard InChI is InChI=1S/C22H26N2O3/c23-22(25)17-9-11-18(12-10-17)24-13-15-5-7-16(8-6-15)21-14-26-19-3-1-2-4-20(19)27-21/h1-8,17-18,21,24H,9-14H2,(H2,23,25). The number of carbonyl (C=O) groups is 1. The molecule has 4 rings (SSSR count). The summed E-state index contributed by atoms with van der Waals surface area (Å²) in [5.41, 5.74) is 7.77. The monoisotopic (exact) mass is 366 g/mol. The molecule has 1 aliphatic heterocycles. The molecule has 0 spiro atoms. The number of hydrogen-bond donors (Lipinski definition) is 2. The normalized spacial score (nSPS) is 24.4. The predicted molar refractivity (Wildman–Crippen MR) is 104 cm³/mol. The second-order valence-electron chi connectivity index (χ2n) is 7.44. The van der Waals surface area contributed by atoms with Crippen molar-refractivity contribution in [2.24, 2.45) is 11.7 Å². The third-order valence-electron chi connectivity index (χ3n) is 5.58. The molecule has 5 nitrogen and oxygen atoms in total. The van der Waals surface area contributed by atoms with Gasteiger partial charge in [-0.2, -0.15) is 0 Å². The van der Waals surface area contributed by atoms with Gasteiger partial charge in [-0.05, 0) is 48.9 Å². The molecule has 1 aliphatic carbocycles. The first-order chi connectivity index (χ1) is 13.2. The number of nitrogens with two attached hydrogens (primary N) is 1. The number of nitrogens with one attached hydrogen (secondary N) is 1. The van der Waals surface area contributed by atoms with Crippen molar-refractivity contribution >= 4 is 5.91 Å². The van der Waals surface area contributed by atoms with Gasteiger partial charge in [-0.3, -0.25) is 4.79 Å². The summed E-state index contributed by atoms with van der Waals surface area (Å²) in [6.45, 7) is 1.36. The van der Waals surface area contributed by atoms with Gasteiger partial charge < -0.3 is 20.5 Å². The maximum absolute atomic E-state index is 11.3. The van der Waals surface area contributed by atoms with E-state index in [0.717, 1.165) is 49.3 Å². The van der Waals surface area contributed by atoms with E-state index in [0.29, 0.717) is 12.6 Å². The molecule has 0 radical (unpaired) electrons. The highest BCUT2D eigenvalue weighted by atomic mass is 16.6. The lowest BCUT2D eigenvalue weighted by Crippen LogP contribution is -2.36. The van der Waals surface area contributed by atoms with E-state index in [2.05, 4.69) is 29.6 Å². The fourth-order valence-electron chi connectivity index (χ4n) is 3.88. The van der Waals surface area contributed by atoms with Gasteiger partial charge in [-0.25, -0.2) is 0 Å². The summed E-state index contributed by atoms with van der Waals surface area (Å²) < 4.78 is 11.9. The van der Waals surface area contributed by atoms with Crippen LogP contribution in [0, 0.1) is 5.92 Å². The van der Waals surface area contributed by atoms with Gasteiger partial charge in [0.15, 0.2) is 17.6 Å². The maximum atomic E-state index is 11.3.